The maximum Gasteiger partial charge on any atom is 0.260 e. The molecule has 0 unspecified atom stereocenters. The Labute approximate surface area is 285 Å². The van der Waals surface area contributed by atoms with Crippen LogP contribution in [0.5, 0.6) is 0 Å². The Balaban J connectivity index is 1.32. The van der Waals surface area contributed by atoms with E-state index in [-0.39, 0.29) is 33.7 Å². The van der Waals surface area contributed by atoms with Crippen molar-refractivity contribution in [2.75, 3.05) is 36.9 Å². The first kappa shape index (κ1) is 32.7. The van der Waals surface area contributed by atoms with E-state index in [1.807, 2.05) is 30.3 Å². The van der Waals surface area contributed by atoms with Crippen molar-refractivity contribution in [2.45, 2.75) is 12.8 Å². The number of rotatable bonds is 7. The van der Waals surface area contributed by atoms with Crippen LogP contribution >= 0.6 is 0 Å². The molecule has 0 radical (unpaired) electrons. The number of nitrogens with one attached hydrogen (secondary N) is 1. The molecule has 0 spiro atoms. The van der Waals surface area contributed by atoms with Crippen molar-refractivity contribution in [3.63, 3.8) is 0 Å². The van der Waals surface area contributed by atoms with Crippen LogP contribution in [0.4, 0.5) is 14.5 Å². The largest absolute Gasteiger partial charge is 0.455 e. The van der Waals surface area contributed by atoms with Crippen LogP contribution in [0.25, 0.3) is 49.5 Å². The van der Waals surface area contributed by atoms with Crippen LogP contribution in [0, 0.1) is 17.1 Å². The van der Waals surface area contributed by atoms with Crippen molar-refractivity contribution < 1.29 is 26.4 Å². The van der Waals surface area contributed by atoms with Gasteiger partial charge >= 0.3 is 0 Å². The summed E-state index contributed by atoms with van der Waals surface area (Å²) in [6, 6.07) is 25.4. The number of hydrogen-bond acceptors (Lipinski definition) is 6. The van der Waals surface area contributed by atoms with Gasteiger partial charge in [-0.3, -0.25) is 13.9 Å². The monoisotopic (exact) mass is 692 g/mol. The van der Waals surface area contributed by atoms with E-state index in [2.05, 4.69) is 11.1 Å². The number of likely N-dealkylation sites (tertiary alicyclic amines) is 1. The fourth-order valence-electron chi connectivity index (χ4n) is 6.71. The molecule has 7 rings (SSSR count). The summed E-state index contributed by atoms with van der Waals surface area (Å²) in [6.45, 7) is -0.625. The molecule has 1 aliphatic heterocycles. The molecule has 0 saturated carbocycles. The zero-order valence-electron chi connectivity index (χ0n) is 26.9. The van der Waals surface area contributed by atoms with Gasteiger partial charge in [0.2, 0.25) is 10.0 Å². The molecule has 252 valence electrons. The van der Waals surface area contributed by atoms with Gasteiger partial charge < -0.3 is 14.3 Å². The number of fused-ring (bicyclic) bond motifs is 5. The lowest BCUT2D eigenvalue weighted by atomic mass is 9.93. The molecular formula is C38H30F2N4O5S. The number of benzene rings is 4. The third-order valence-electron chi connectivity index (χ3n) is 9.07. The van der Waals surface area contributed by atoms with Gasteiger partial charge in [0.15, 0.2) is 0 Å². The maximum absolute atomic E-state index is 14.0. The normalized spacial score (nSPS) is 13.6. The number of pyridine rings is 1. The molecule has 0 atom stereocenters. The third-order valence-corrected chi connectivity index (χ3v) is 10.2. The molecule has 1 saturated heterocycles. The quantitative estimate of drug-likeness (QED) is 0.177. The van der Waals surface area contributed by atoms with E-state index in [0.29, 0.717) is 59.0 Å². The smallest absolute Gasteiger partial charge is 0.260 e. The SMILES string of the molecule is CS(=O)(=O)N(CCF)c1cc2oc3c4ccc(F)cc4[nH]c(=O)c3c2cc1-c1cccc(C(=O)N2CCC(=C(C#N)c3ccccc3)CC2)c1. The van der Waals surface area contributed by atoms with Gasteiger partial charge in [-0.25, -0.2) is 17.2 Å². The first-order valence-corrected chi connectivity index (χ1v) is 17.7. The van der Waals surface area contributed by atoms with Crippen molar-refractivity contribution in [2.24, 2.45) is 0 Å². The zero-order chi connectivity index (χ0) is 35.2. The number of nitrogens with zero attached hydrogens (tertiary/aromatic N) is 3. The number of aromatic nitrogens is 1. The van der Waals surface area contributed by atoms with E-state index >= 15 is 0 Å². The number of aromatic amines is 1. The van der Waals surface area contributed by atoms with Crippen molar-refractivity contribution in [3.8, 4) is 17.2 Å². The topological polar surface area (TPSA) is 127 Å². The average molecular weight is 693 g/mol. The molecule has 1 N–H and O–H groups in total. The van der Waals surface area contributed by atoms with Crippen molar-refractivity contribution in [1.82, 2.24) is 9.88 Å². The Morgan fingerprint density at radius 3 is 2.42 bits per heavy atom. The minimum atomic E-state index is -4.00. The number of nitriles is 1. The van der Waals surface area contributed by atoms with E-state index in [9.17, 15) is 32.0 Å². The highest BCUT2D eigenvalue weighted by Gasteiger charge is 2.27. The molecule has 6 aromatic rings. The molecule has 2 aromatic heterocycles. The molecule has 1 amide bonds. The highest BCUT2D eigenvalue weighted by atomic mass is 32.2. The van der Waals surface area contributed by atoms with Crippen LogP contribution in [-0.4, -0.2) is 56.8 Å². The van der Waals surface area contributed by atoms with E-state index in [0.717, 1.165) is 21.7 Å². The molecule has 50 heavy (non-hydrogen) atoms. The predicted octanol–water partition coefficient (Wildman–Crippen LogP) is 7.18. The fraction of sp³-hybridized carbons (Fsp3) is 0.184. The number of carbonyl (C=O) groups is 1. The number of piperidine rings is 1. The Bertz CT molecular complexity index is 2560. The molecule has 0 aliphatic carbocycles. The molecule has 3 heterocycles. The highest BCUT2D eigenvalue weighted by Crippen LogP contribution is 2.41. The van der Waals surface area contributed by atoms with Gasteiger partial charge in [-0.2, -0.15) is 5.26 Å². The lowest BCUT2D eigenvalue weighted by Gasteiger charge is -2.29. The lowest BCUT2D eigenvalue weighted by molar-refractivity contribution is 0.0744. The first-order valence-electron chi connectivity index (χ1n) is 15.9. The minimum absolute atomic E-state index is 0.103. The Morgan fingerprint density at radius 1 is 0.980 bits per heavy atom. The van der Waals surface area contributed by atoms with Crippen molar-refractivity contribution in [3.05, 3.63) is 118 Å². The number of amides is 1. The lowest BCUT2D eigenvalue weighted by Crippen LogP contribution is -2.36. The van der Waals surface area contributed by atoms with Crippen LogP contribution in [0.1, 0.15) is 28.8 Å². The number of carbonyl (C=O) groups excluding carboxylic acids is 1. The molecular weight excluding hydrogens is 663 g/mol. The van der Waals surface area contributed by atoms with E-state index in [4.69, 9.17) is 4.42 Å². The maximum atomic E-state index is 14.0. The number of allylic oxidation sites excluding steroid dienone is 1. The van der Waals surface area contributed by atoms with Crippen LogP contribution in [0.15, 0.2) is 99.7 Å². The summed E-state index contributed by atoms with van der Waals surface area (Å²) in [5, 5.41) is 10.8. The average Bonchev–Trinajstić information content (AvgIpc) is 3.49. The molecule has 0 bridgehead atoms. The number of sulfonamides is 1. The summed E-state index contributed by atoms with van der Waals surface area (Å²) in [7, 11) is -4.00. The van der Waals surface area contributed by atoms with Crippen molar-refractivity contribution in [1.29, 1.82) is 5.26 Å². The van der Waals surface area contributed by atoms with E-state index in [1.165, 1.54) is 24.3 Å². The fourth-order valence-corrected chi connectivity index (χ4v) is 7.62. The van der Waals surface area contributed by atoms with Gasteiger partial charge in [0.1, 0.15) is 23.7 Å². The van der Waals surface area contributed by atoms with Crippen LogP contribution in [-0.2, 0) is 10.0 Å². The summed E-state index contributed by atoms with van der Waals surface area (Å²) >= 11 is 0. The molecule has 4 aromatic carbocycles. The summed E-state index contributed by atoms with van der Waals surface area (Å²) in [4.78, 5) is 31.6. The van der Waals surface area contributed by atoms with Gasteiger partial charge in [-0.1, -0.05) is 42.5 Å². The van der Waals surface area contributed by atoms with Gasteiger partial charge in [0.25, 0.3) is 11.5 Å². The van der Waals surface area contributed by atoms with Gasteiger partial charge in [-0.15, -0.1) is 0 Å². The van der Waals surface area contributed by atoms with Crippen LogP contribution < -0.4 is 9.86 Å². The Morgan fingerprint density at radius 2 is 1.72 bits per heavy atom. The molecule has 1 fully saturated rings. The van der Waals surface area contributed by atoms with Gasteiger partial charge in [0.05, 0.1) is 41.0 Å². The Hall–Kier alpha value is -5.80. The minimum Gasteiger partial charge on any atom is -0.455 e. The first-order chi connectivity index (χ1) is 24.1. The Kier molecular flexibility index (Phi) is 8.45. The predicted molar refractivity (Wildman–Crippen MR) is 190 cm³/mol. The number of alkyl halides is 1. The van der Waals surface area contributed by atoms with Gasteiger partial charge in [-0.05, 0) is 65.9 Å². The number of furan rings is 1. The van der Waals surface area contributed by atoms with E-state index < -0.39 is 34.6 Å². The number of halogens is 2. The second-order valence-electron chi connectivity index (χ2n) is 12.2. The molecule has 12 heteroatoms. The standard InChI is InChI=1S/C38H30F2N4O5S/c1-50(47,48)44(17-14-39)33-21-34-30(35-36(49-34)28-11-10-27(40)19-32(28)42-37(35)45)20-29(33)25-8-5-9-26(18-25)38(46)43-15-12-24(13-16-43)31(22-41)23-6-3-2-4-7-23/h2-11,18-21H,12-17H2,1H3,(H,42,45). The molecule has 9 nitrogen and oxygen atoms in total. The van der Waals surface area contributed by atoms with Gasteiger partial charge in [0, 0.05) is 41.1 Å². The second-order valence-corrected chi connectivity index (χ2v) is 14.1. The summed E-state index contributed by atoms with van der Waals surface area (Å²) < 4.78 is 60.9. The number of hydrogen-bond donors (Lipinski definition) is 1. The summed E-state index contributed by atoms with van der Waals surface area (Å²) in [5.41, 5.74) is 3.75. The zero-order valence-corrected chi connectivity index (χ0v) is 27.7. The third kappa shape index (κ3) is 5.90. The van der Waals surface area contributed by atoms with Crippen LogP contribution in [0.2, 0.25) is 0 Å². The second kappa shape index (κ2) is 12.9. The van der Waals surface area contributed by atoms with Crippen molar-refractivity contribution >= 4 is 60.0 Å². The number of anilines is 1. The molecule has 1 aliphatic rings. The van der Waals surface area contributed by atoms with E-state index in [1.54, 1.807) is 35.2 Å². The highest BCUT2D eigenvalue weighted by molar-refractivity contribution is 7.92. The summed E-state index contributed by atoms with van der Waals surface area (Å²) in [6.07, 6.45) is 2.05. The summed E-state index contributed by atoms with van der Waals surface area (Å²) in [5.74, 6) is -0.780. The van der Waals surface area contributed by atoms with Crippen LogP contribution in [0.3, 0.4) is 0 Å². The number of H-pyrrole nitrogens is 1.